The average molecular weight is 295 g/mol. The summed E-state index contributed by atoms with van der Waals surface area (Å²) in [6.45, 7) is 2.22. The Morgan fingerprint density at radius 3 is 2.85 bits per heavy atom. The molecule has 74 valence electrons. The van der Waals surface area contributed by atoms with E-state index in [-0.39, 0.29) is 6.10 Å². The molecule has 0 N–H and O–H groups in total. The van der Waals surface area contributed by atoms with Gasteiger partial charge >= 0.3 is 0 Å². The molecule has 3 atom stereocenters. The predicted octanol–water partition coefficient (Wildman–Crippen LogP) is 1.26. The molecule has 0 radical (unpaired) electrons. The Labute approximate surface area is 92.5 Å². The van der Waals surface area contributed by atoms with Gasteiger partial charge in [-0.2, -0.15) is 0 Å². The average Bonchev–Trinajstić information content (AvgIpc) is 2.42. The maximum atomic E-state index is 11.5. The first-order valence-corrected chi connectivity index (χ1v) is 5.57. The summed E-state index contributed by atoms with van der Waals surface area (Å²) in [4.78, 5) is 13.8. The van der Waals surface area contributed by atoms with Gasteiger partial charge in [-0.3, -0.25) is 4.79 Å². The van der Waals surface area contributed by atoms with E-state index < -0.39 is 0 Å². The van der Waals surface area contributed by atoms with E-state index in [0.29, 0.717) is 17.6 Å². The molecule has 0 aromatic carbocycles. The number of hydrogen-bond donors (Lipinski definition) is 0. The topological polar surface area (TPSA) is 29.5 Å². The van der Waals surface area contributed by atoms with E-state index in [1.165, 1.54) is 0 Å². The minimum Gasteiger partial charge on any atom is -0.306 e. The maximum Gasteiger partial charge on any atom is 0.162 e. The van der Waals surface area contributed by atoms with Crippen LogP contribution in [0.5, 0.6) is 0 Å². The van der Waals surface area contributed by atoms with Crippen molar-refractivity contribution < 1.29 is 7.86 Å². The number of halogens is 1. The highest BCUT2D eigenvalue weighted by Gasteiger charge is 2.40. The third-order valence-corrected chi connectivity index (χ3v) is 3.82. The zero-order chi connectivity index (χ0) is 9.42. The molecule has 2 aliphatic rings. The molecule has 0 bridgehead atoms. The molecule has 1 saturated heterocycles. The first-order valence-electron chi connectivity index (χ1n) is 4.69. The maximum absolute atomic E-state index is 11.5. The van der Waals surface area contributed by atoms with Gasteiger partial charge in [0.25, 0.3) is 0 Å². The van der Waals surface area contributed by atoms with Crippen molar-refractivity contribution in [3.05, 3.63) is 0 Å². The number of fused-ring (bicyclic) bond motifs is 1. The lowest BCUT2D eigenvalue weighted by Gasteiger charge is -2.27. The Morgan fingerprint density at radius 2 is 2.15 bits per heavy atom. The number of hydrogen-bond acceptors (Lipinski definition) is 3. The van der Waals surface area contributed by atoms with Crippen LogP contribution >= 0.6 is 23.0 Å². The van der Waals surface area contributed by atoms with Crippen molar-refractivity contribution in [2.45, 2.75) is 18.9 Å². The lowest BCUT2D eigenvalue weighted by molar-refractivity contribution is -0.128. The van der Waals surface area contributed by atoms with E-state index in [0.717, 1.165) is 25.9 Å². The van der Waals surface area contributed by atoms with E-state index in [1.54, 1.807) is 0 Å². The first kappa shape index (κ1) is 9.86. The fraction of sp³-hybridized carbons (Fsp3) is 0.889. The van der Waals surface area contributed by atoms with Crippen LogP contribution in [0.1, 0.15) is 12.8 Å². The minimum atomic E-state index is -0.131. The van der Waals surface area contributed by atoms with Crippen molar-refractivity contribution in [1.29, 1.82) is 0 Å². The molecule has 0 amide bonds. The lowest BCUT2D eigenvalue weighted by atomic mass is 9.79. The van der Waals surface area contributed by atoms with Gasteiger partial charge in [-0.25, -0.2) is 0 Å². The third-order valence-electron chi connectivity index (χ3n) is 3.21. The fourth-order valence-corrected chi connectivity index (χ4v) is 3.05. The summed E-state index contributed by atoms with van der Waals surface area (Å²) in [6, 6.07) is 0. The molecule has 1 aliphatic heterocycles. The van der Waals surface area contributed by atoms with Gasteiger partial charge in [-0.1, -0.05) is 0 Å². The molecule has 2 fully saturated rings. The molecule has 1 saturated carbocycles. The number of rotatable bonds is 1. The molecule has 2 rings (SSSR count). The second kappa shape index (κ2) is 3.82. The van der Waals surface area contributed by atoms with Gasteiger partial charge in [0.2, 0.25) is 0 Å². The van der Waals surface area contributed by atoms with Gasteiger partial charge in [-0.05, 0) is 25.3 Å². The van der Waals surface area contributed by atoms with Crippen LogP contribution in [0.2, 0.25) is 0 Å². The monoisotopic (exact) mass is 295 g/mol. The third kappa shape index (κ3) is 1.89. The van der Waals surface area contributed by atoms with E-state index in [9.17, 15) is 4.79 Å². The predicted molar refractivity (Wildman–Crippen MR) is 57.6 cm³/mol. The van der Waals surface area contributed by atoms with Gasteiger partial charge in [0.15, 0.2) is 5.78 Å². The van der Waals surface area contributed by atoms with Gasteiger partial charge in [0.05, 0.1) is 0 Å². The number of carbonyl (C=O) groups excluding carboxylic acids is 1. The van der Waals surface area contributed by atoms with Crippen LogP contribution in [0.4, 0.5) is 0 Å². The number of carbonyl (C=O) groups is 1. The van der Waals surface area contributed by atoms with E-state index in [4.69, 9.17) is 3.07 Å². The van der Waals surface area contributed by atoms with E-state index in [2.05, 4.69) is 11.9 Å². The van der Waals surface area contributed by atoms with Crippen molar-refractivity contribution in [2.75, 3.05) is 20.1 Å². The standard InChI is InChI=1S/C9H14INO2/c1-11-4-6-2-8(12)9(13-10)3-7(6)5-11/h6-7,9H,2-5H2,1H3/t6?,7-,9+/m0/s1. The largest absolute Gasteiger partial charge is 0.306 e. The van der Waals surface area contributed by atoms with E-state index in [1.807, 2.05) is 23.0 Å². The van der Waals surface area contributed by atoms with Crippen molar-refractivity contribution in [1.82, 2.24) is 4.90 Å². The summed E-state index contributed by atoms with van der Waals surface area (Å²) in [5.41, 5.74) is 0. The summed E-state index contributed by atoms with van der Waals surface area (Å²) >= 11 is 1.85. The van der Waals surface area contributed by atoms with Gasteiger partial charge in [0, 0.05) is 19.5 Å². The summed E-state index contributed by atoms with van der Waals surface area (Å²) in [5, 5.41) is 0. The fourth-order valence-electron chi connectivity index (χ4n) is 2.55. The number of likely N-dealkylation sites (tertiary alicyclic amines) is 1. The first-order chi connectivity index (χ1) is 6.20. The van der Waals surface area contributed by atoms with Crippen LogP contribution in [0, 0.1) is 11.8 Å². The molecule has 13 heavy (non-hydrogen) atoms. The zero-order valence-corrected chi connectivity index (χ0v) is 9.86. The number of Topliss-reactive ketones (excluding diaryl/α,β-unsaturated/α-hetero) is 1. The van der Waals surface area contributed by atoms with Crippen LogP contribution in [0.3, 0.4) is 0 Å². The van der Waals surface area contributed by atoms with E-state index >= 15 is 0 Å². The summed E-state index contributed by atoms with van der Waals surface area (Å²) < 4.78 is 5.15. The molecular weight excluding hydrogens is 281 g/mol. The second-order valence-electron chi connectivity index (χ2n) is 4.23. The minimum absolute atomic E-state index is 0.131. The summed E-state index contributed by atoms with van der Waals surface area (Å²) in [5.74, 6) is 1.58. The Kier molecular flexibility index (Phi) is 2.90. The summed E-state index contributed by atoms with van der Waals surface area (Å²) in [7, 11) is 2.13. The van der Waals surface area contributed by atoms with Crippen molar-refractivity contribution in [2.24, 2.45) is 11.8 Å². The van der Waals surface area contributed by atoms with Crippen LogP contribution < -0.4 is 0 Å². The van der Waals surface area contributed by atoms with Crippen LogP contribution in [0.25, 0.3) is 0 Å². The van der Waals surface area contributed by atoms with Crippen molar-refractivity contribution in [3.63, 3.8) is 0 Å². The highest BCUT2D eigenvalue weighted by Crippen LogP contribution is 2.35. The van der Waals surface area contributed by atoms with Crippen LogP contribution in [0.15, 0.2) is 0 Å². The SMILES string of the molecule is CN1CC2CC(=O)[C@H](OI)C[C@H]2C1. The van der Waals surface area contributed by atoms with Gasteiger partial charge < -0.3 is 7.97 Å². The zero-order valence-electron chi connectivity index (χ0n) is 7.70. The Balaban J connectivity index is 2.03. The molecule has 0 spiro atoms. The number of ketones is 1. The molecule has 4 heteroatoms. The Morgan fingerprint density at radius 1 is 1.46 bits per heavy atom. The normalized spacial score (nSPS) is 40.8. The van der Waals surface area contributed by atoms with Crippen molar-refractivity contribution in [3.8, 4) is 0 Å². The molecule has 1 unspecified atom stereocenters. The Bertz CT molecular complexity index is 222. The molecule has 1 aliphatic carbocycles. The Hall–Kier alpha value is 0.320. The molecule has 1 heterocycles. The molecule has 0 aromatic rings. The quantitative estimate of drug-likeness (QED) is 0.682. The number of nitrogens with zero attached hydrogens (tertiary/aromatic N) is 1. The molecule has 3 nitrogen and oxygen atoms in total. The summed E-state index contributed by atoms with van der Waals surface area (Å²) in [6.07, 6.45) is 1.52. The lowest BCUT2D eigenvalue weighted by Crippen LogP contribution is -2.35. The van der Waals surface area contributed by atoms with Gasteiger partial charge in [0.1, 0.15) is 29.1 Å². The highest BCUT2D eigenvalue weighted by molar-refractivity contribution is 14.1. The second-order valence-corrected chi connectivity index (χ2v) is 4.73. The van der Waals surface area contributed by atoms with Gasteiger partial charge in [-0.15, -0.1) is 0 Å². The highest BCUT2D eigenvalue weighted by atomic mass is 127. The van der Waals surface area contributed by atoms with Crippen LogP contribution in [-0.4, -0.2) is 36.9 Å². The van der Waals surface area contributed by atoms with Crippen LogP contribution in [-0.2, 0) is 7.86 Å². The molecule has 0 aromatic heterocycles. The smallest absolute Gasteiger partial charge is 0.162 e. The van der Waals surface area contributed by atoms with Crippen molar-refractivity contribution >= 4 is 28.8 Å². The molecular formula is C9H14INO2.